The van der Waals surface area contributed by atoms with Gasteiger partial charge in [0.2, 0.25) is 6.79 Å². The number of rotatable bonds is 2. The summed E-state index contributed by atoms with van der Waals surface area (Å²) >= 11 is 0. The molecule has 0 radical (unpaired) electrons. The smallest absolute Gasteiger partial charge is 0.231 e. The fourth-order valence-corrected chi connectivity index (χ4v) is 2.77. The SMILES string of the molecule is OC1c2ccccc2CC1Oc1ccc2c(c1)OCO2. The number of aliphatic hydroxyl groups excluding tert-OH is 1. The van der Waals surface area contributed by atoms with Crippen LogP contribution < -0.4 is 14.2 Å². The molecule has 1 N–H and O–H groups in total. The van der Waals surface area contributed by atoms with E-state index < -0.39 is 6.10 Å². The van der Waals surface area contributed by atoms with Gasteiger partial charge in [-0.05, 0) is 23.3 Å². The largest absolute Gasteiger partial charge is 0.487 e. The van der Waals surface area contributed by atoms with E-state index in [4.69, 9.17) is 14.2 Å². The Morgan fingerprint density at radius 3 is 2.80 bits per heavy atom. The monoisotopic (exact) mass is 270 g/mol. The summed E-state index contributed by atoms with van der Waals surface area (Å²) in [4.78, 5) is 0. The van der Waals surface area contributed by atoms with E-state index in [0.717, 1.165) is 16.9 Å². The van der Waals surface area contributed by atoms with Crippen molar-refractivity contribution < 1.29 is 19.3 Å². The molecule has 0 aromatic heterocycles. The van der Waals surface area contributed by atoms with Crippen molar-refractivity contribution >= 4 is 0 Å². The fraction of sp³-hybridized carbons (Fsp3) is 0.250. The summed E-state index contributed by atoms with van der Waals surface area (Å²) < 4.78 is 16.5. The molecule has 0 fully saturated rings. The third-order valence-corrected chi connectivity index (χ3v) is 3.78. The molecular formula is C16H14O4. The predicted octanol–water partition coefficient (Wildman–Crippen LogP) is 2.45. The second-order valence-corrected chi connectivity index (χ2v) is 5.02. The lowest BCUT2D eigenvalue weighted by Crippen LogP contribution is -2.21. The van der Waals surface area contributed by atoms with Crippen LogP contribution in [-0.4, -0.2) is 18.0 Å². The van der Waals surface area contributed by atoms with Crippen LogP contribution in [0.3, 0.4) is 0 Å². The minimum Gasteiger partial charge on any atom is -0.487 e. The Labute approximate surface area is 116 Å². The summed E-state index contributed by atoms with van der Waals surface area (Å²) in [6, 6.07) is 13.4. The predicted molar refractivity (Wildman–Crippen MR) is 72.1 cm³/mol. The molecule has 20 heavy (non-hydrogen) atoms. The van der Waals surface area contributed by atoms with Gasteiger partial charge in [0, 0.05) is 12.5 Å². The van der Waals surface area contributed by atoms with Crippen LogP contribution in [0.5, 0.6) is 17.2 Å². The molecule has 1 heterocycles. The Hall–Kier alpha value is -2.20. The van der Waals surface area contributed by atoms with E-state index in [0.29, 0.717) is 17.9 Å². The van der Waals surface area contributed by atoms with Gasteiger partial charge in [-0.25, -0.2) is 0 Å². The highest BCUT2D eigenvalue weighted by Gasteiger charge is 2.32. The molecule has 4 heteroatoms. The standard InChI is InChI=1S/C16H14O4/c17-16-12-4-2-1-3-10(12)7-15(16)20-11-5-6-13-14(8-11)19-9-18-13/h1-6,8,15-17H,7,9H2. The van der Waals surface area contributed by atoms with Crippen molar-refractivity contribution in [2.24, 2.45) is 0 Å². The van der Waals surface area contributed by atoms with E-state index in [9.17, 15) is 5.11 Å². The van der Waals surface area contributed by atoms with Crippen molar-refractivity contribution in [2.45, 2.75) is 18.6 Å². The lowest BCUT2D eigenvalue weighted by molar-refractivity contribution is 0.0492. The highest BCUT2D eigenvalue weighted by atomic mass is 16.7. The third kappa shape index (κ3) is 1.80. The molecule has 102 valence electrons. The van der Waals surface area contributed by atoms with Crippen LogP contribution in [0.1, 0.15) is 17.2 Å². The van der Waals surface area contributed by atoms with Crippen molar-refractivity contribution in [3.63, 3.8) is 0 Å². The molecule has 2 aromatic rings. The van der Waals surface area contributed by atoms with Gasteiger partial charge < -0.3 is 19.3 Å². The Balaban J connectivity index is 1.56. The minimum atomic E-state index is -0.586. The third-order valence-electron chi connectivity index (χ3n) is 3.78. The van der Waals surface area contributed by atoms with Crippen molar-refractivity contribution in [2.75, 3.05) is 6.79 Å². The maximum absolute atomic E-state index is 10.3. The molecule has 2 atom stereocenters. The summed E-state index contributed by atoms with van der Waals surface area (Å²) in [6.07, 6.45) is -0.129. The normalized spacial score (nSPS) is 22.6. The average molecular weight is 270 g/mol. The number of aliphatic hydroxyl groups is 1. The molecule has 1 aliphatic heterocycles. The van der Waals surface area contributed by atoms with Gasteiger partial charge in [0.1, 0.15) is 18.0 Å². The van der Waals surface area contributed by atoms with E-state index in [1.807, 2.05) is 36.4 Å². The van der Waals surface area contributed by atoms with Gasteiger partial charge in [0.05, 0.1) is 0 Å². The first-order valence-corrected chi connectivity index (χ1v) is 6.63. The Morgan fingerprint density at radius 1 is 1.05 bits per heavy atom. The maximum Gasteiger partial charge on any atom is 0.231 e. The van der Waals surface area contributed by atoms with Crippen LogP contribution in [0.2, 0.25) is 0 Å². The number of benzene rings is 2. The van der Waals surface area contributed by atoms with Crippen LogP contribution in [0.15, 0.2) is 42.5 Å². The van der Waals surface area contributed by atoms with Crippen LogP contribution >= 0.6 is 0 Å². The molecule has 0 saturated heterocycles. The zero-order valence-corrected chi connectivity index (χ0v) is 10.8. The Bertz CT molecular complexity index is 653. The highest BCUT2D eigenvalue weighted by Crippen LogP contribution is 2.38. The van der Waals surface area contributed by atoms with Crippen molar-refractivity contribution in [3.8, 4) is 17.2 Å². The second-order valence-electron chi connectivity index (χ2n) is 5.02. The van der Waals surface area contributed by atoms with Gasteiger partial charge in [0.25, 0.3) is 0 Å². The number of hydrogen-bond donors (Lipinski definition) is 1. The summed E-state index contributed by atoms with van der Waals surface area (Å²) in [7, 11) is 0. The van der Waals surface area contributed by atoms with Crippen LogP contribution in [0, 0.1) is 0 Å². The topological polar surface area (TPSA) is 47.9 Å². The van der Waals surface area contributed by atoms with Crippen molar-refractivity contribution in [1.29, 1.82) is 0 Å². The molecule has 4 nitrogen and oxygen atoms in total. The second kappa shape index (κ2) is 4.42. The lowest BCUT2D eigenvalue weighted by atomic mass is 10.1. The number of hydrogen-bond acceptors (Lipinski definition) is 4. The van der Waals surface area contributed by atoms with Gasteiger partial charge in [0.15, 0.2) is 11.5 Å². The Kier molecular flexibility index (Phi) is 2.57. The first-order valence-electron chi connectivity index (χ1n) is 6.63. The van der Waals surface area contributed by atoms with E-state index in [1.165, 1.54) is 0 Å². The quantitative estimate of drug-likeness (QED) is 0.910. The van der Waals surface area contributed by atoms with E-state index in [2.05, 4.69) is 0 Å². The first kappa shape index (κ1) is 11.6. The molecule has 0 saturated carbocycles. The summed E-state index contributed by atoms with van der Waals surface area (Å²) in [6.45, 7) is 0.246. The van der Waals surface area contributed by atoms with Gasteiger partial charge in [-0.2, -0.15) is 0 Å². The molecular weight excluding hydrogens is 256 g/mol. The van der Waals surface area contributed by atoms with Gasteiger partial charge in [-0.3, -0.25) is 0 Å². The average Bonchev–Trinajstić information content (AvgIpc) is 3.05. The van der Waals surface area contributed by atoms with E-state index >= 15 is 0 Å². The van der Waals surface area contributed by atoms with Gasteiger partial charge >= 0.3 is 0 Å². The highest BCUT2D eigenvalue weighted by molar-refractivity contribution is 5.47. The van der Waals surface area contributed by atoms with Crippen LogP contribution in [0.4, 0.5) is 0 Å². The molecule has 1 aliphatic carbocycles. The molecule has 0 amide bonds. The number of fused-ring (bicyclic) bond motifs is 2. The van der Waals surface area contributed by atoms with Gasteiger partial charge in [-0.15, -0.1) is 0 Å². The molecule has 0 bridgehead atoms. The molecule has 2 aromatic carbocycles. The van der Waals surface area contributed by atoms with E-state index in [1.54, 1.807) is 6.07 Å². The zero-order valence-electron chi connectivity index (χ0n) is 10.8. The van der Waals surface area contributed by atoms with Crippen molar-refractivity contribution in [1.82, 2.24) is 0 Å². The molecule has 0 spiro atoms. The van der Waals surface area contributed by atoms with E-state index in [-0.39, 0.29) is 12.9 Å². The fourth-order valence-electron chi connectivity index (χ4n) is 2.77. The molecule has 4 rings (SSSR count). The van der Waals surface area contributed by atoms with Crippen LogP contribution in [0.25, 0.3) is 0 Å². The summed E-state index contributed by atoms with van der Waals surface area (Å²) in [5.74, 6) is 2.10. The molecule has 2 unspecified atom stereocenters. The zero-order chi connectivity index (χ0) is 13.5. The first-order chi connectivity index (χ1) is 9.81. The maximum atomic E-state index is 10.3. The molecule has 2 aliphatic rings. The lowest BCUT2D eigenvalue weighted by Gasteiger charge is -2.17. The summed E-state index contributed by atoms with van der Waals surface area (Å²) in [5.41, 5.74) is 2.10. The van der Waals surface area contributed by atoms with Crippen LogP contribution in [-0.2, 0) is 6.42 Å². The van der Waals surface area contributed by atoms with Gasteiger partial charge in [-0.1, -0.05) is 24.3 Å². The van der Waals surface area contributed by atoms with Crippen molar-refractivity contribution in [3.05, 3.63) is 53.6 Å². The summed E-state index contributed by atoms with van der Waals surface area (Å²) in [5, 5.41) is 10.3. The minimum absolute atomic E-state index is 0.246. The Morgan fingerprint density at radius 2 is 1.90 bits per heavy atom. The number of ether oxygens (including phenoxy) is 3.